The molecule has 3 aromatic rings. The third-order valence-electron chi connectivity index (χ3n) is 4.59. The summed E-state index contributed by atoms with van der Waals surface area (Å²) >= 11 is 0. The van der Waals surface area contributed by atoms with E-state index in [0.717, 1.165) is 10.1 Å². The zero-order valence-electron chi connectivity index (χ0n) is 15.5. The van der Waals surface area contributed by atoms with Crippen molar-refractivity contribution in [1.29, 1.82) is 0 Å². The van der Waals surface area contributed by atoms with E-state index >= 15 is 0 Å². The van der Waals surface area contributed by atoms with Crippen LogP contribution >= 0.6 is 0 Å². The first kappa shape index (κ1) is 18.5. The number of carbonyl (C=O) groups excluding carboxylic acids is 1. The van der Waals surface area contributed by atoms with Crippen LogP contribution in [-0.4, -0.2) is 28.4 Å². The molecule has 1 aliphatic heterocycles. The molecule has 1 N–H and O–H groups in total. The van der Waals surface area contributed by atoms with Crippen molar-refractivity contribution in [3.63, 3.8) is 0 Å². The quantitative estimate of drug-likeness (QED) is 0.633. The van der Waals surface area contributed by atoms with Gasteiger partial charge >= 0.3 is 11.1 Å². The number of benzene rings is 2. The maximum absolute atomic E-state index is 12.5. The molecule has 1 aromatic heterocycles. The lowest BCUT2D eigenvalue weighted by molar-refractivity contribution is -0.121. The van der Waals surface area contributed by atoms with Crippen LogP contribution in [0.5, 0.6) is 11.5 Å². The summed E-state index contributed by atoms with van der Waals surface area (Å²) in [5.41, 5.74) is 0.0685. The minimum Gasteiger partial charge on any atom is -0.454 e. The second-order valence-corrected chi connectivity index (χ2v) is 6.53. The normalized spacial score (nSPS) is 12.0. The lowest BCUT2D eigenvalue weighted by atomic mass is 10.1. The van der Waals surface area contributed by atoms with Crippen molar-refractivity contribution in [1.82, 2.24) is 14.5 Å². The SMILES string of the molecule is O=C(Cn1ccn(-c2ccc3c(c2)OCO3)c(=O)c1=O)NCCc1ccccc1. The van der Waals surface area contributed by atoms with Crippen LogP contribution in [0.2, 0.25) is 0 Å². The smallest absolute Gasteiger partial charge is 0.320 e. The van der Waals surface area contributed by atoms with Gasteiger partial charge in [-0.1, -0.05) is 30.3 Å². The highest BCUT2D eigenvalue weighted by atomic mass is 16.7. The van der Waals surface area contributed by atoms with Gasteiger partial charge < -0.3 is 14.8 Å². The zero-order chi connectivity index (χ0) is 20.2. The Kier molecular flexibility index (Phi) is 5.15. The summed E-state index contributed by atoms with van der Waals surface area (Å²) in [6.45, 7) is 0.353. The lowest BCUT2D eigenvalue weighted by Crippen LogP contribution is -2.42. The van der Waals surface area contributed by atoms with E-state index in [4.69, 9.17) is 9.47 Å². The van der Waals surface area contributed by atoms with Crippen LogP contribution in [0.25, 0.3) is 5.69 Å². The molecule has 8 nitrogen and oxygen atoms in total. The number of aromatic nitrogens is 2. The highest BCUT2D eigenvalue weighted by molar-refractivity contribution is 5.75. The Morgan fingerprint density at radius 3 is 2.59 bits per heavy atom. The first-order chi connectivity index (χ1) is 14.1. The number of amides is 1. The second kappa shape index (κ2) is 8.05. The number of fused-ring (bicyclic) bond motifs is 1. The average Bonchev–Trinajstić information content (AvgIpc) is 3.20. The van der Waals surface area contributed by atoms with Gasteiger partial charge in [-0.15, -0.1) is 0 Å². The first-order valence-electron chi connectivity index (χ1n) is 9.14. The van der Waals surface area contributed by atoms with Crippen LogP contribution in [-0.2, 0) is 17.8 Å². The van der Waals surface area contributed by atoms with Crippen molar-refractivity contribution in [2.24, 2.45) is 0 Å². The van der Waals surface area contributed by atoms with E-state index in [9.17, 15) is 14.4 Å². The summed E-state index contributed by atoms with van der Waals surface area (Å²) in [4.78, 5) is 37.1. The topological polar surface area (TPSA) is 91.6 Å². The van der Waals surface area contributed by atoms with Gasteiger partial charge in [-0.25, -0.2) is 0 Å². The fourth-order valence-corrected chi connectivity index (χ4v) is 3.07. The summed E-state index contributed by atoms with van der Waals surface area (Å²) in [6.07, 6.45) is 3.57. The van der Waals surface area contributed by atoms with Crippen LogP contribution in [0.1, 0.15) is 5.56 Å². The van der Waals surface area contributed by atoms with Gasteiger partial charge in [0.15, 0.2) is 11.5 Å². The Balaban J connectivity index is 1.44. The third kappa shape index (κ3) is 4.06. The zero-order valence-corrected chi connectivity index (χ0v) is 15.5. The minimum absolute atomic E-state index is 0.120. The summed E-state index contributed by atoms with van der Waals surface area (Å²) in [6, 6.07) is 14.7. The van der Waals surface area contributed by atoms with Crippen LogP contribution in [0.15, 0.2) is 70.5 Å². The molecule has 1 aliphatic rings. The van der Waals surface area contributed by atoms with Crippen LogP contribution < -0.4 is 25.9 Å². The predicted molar refractivity (Wildman–Crippen MR) is 106 cm³/mol. The molecular formula is C21H19N3O5. The van der Waals surface area contributed by atoms with Crippen molar-refractivity contribution in [2.45, 2.75) is 13.0 Å². The Labute approximate surface area is 165 Å². The fourth-order valence-electron chi connectivity index (χ4n) is 3.07. The molecule has 0 saturated carbocycles. The van der Waals surface area contributed by atoms with E-state index in [2.05, 4.69) is 5.32 Å². The first-order valence-corrected chi connectivity index (χ1v) is 9.14. The van der Waals surface area contributed by atoms with E-state index in [0.29, 0.717) is 30.2 Å². The van der Waals surface area contributed by atoms with E-state index in [1.165, 1.54) is 17.0 Å². The van der Waals surface area contributed by atoms with Crippen molar-refractivity contribution >= 4 is 5.91 Å². The maximum Gasteiger partial charge on any atom is 0.320 e. The summed E-state index contributed by atoms with van der Waals surface area (Å²) < 4.78 is 12.9. The molecule has 0 spiro atoms. The number of hydrogen-bond acceptors (Lipinski definition) is 5. The Bertz CT molecular complexity index is 1150. The van der Waals surface area contributed by atoms with Crippen molar-refractivity contribution in [3.8, 4) is 17.2 Å². The minimum atomic E-state index is -0.775. The predicted octanol–water partition coefficient (Wildman–Crippen LogP) is 1.09. The Hall–Kier alpha value is -3.81. The molecule has 2 heterocycles. The van der Waals surface area contributed by atoms with E-state index in [1.54, 1.807) is 18.2 Å². The highest BCUT2D eigenvalue weighted by Gasteiger charge is 2.15. The van der Waals surface area contributed by atoms with E-state index in [1.807, 2.05) is 30.3 Å². The molecule has 148 valence electrons. The number of hydrogen-bond donors (Lipinski definition) is 1. The molecule has 0 aliphatic carbocycles. The molecule has 2 aromatic carbocycles. The van der Waals surface area contributed by atoms with Crippen LogP contribution in [0.3, 0.4) is 0 Å². The van der Waals surface area contributed by atoms with Gasteiger partial charge in [-0.2, -0.15) is 0 Å². The summed E-state index contributed by atoms with van der Waals surface area (Å²) in [7, 11) is 0. The van der Waals surface area contributed by atoms with Crippen LogP contribution in [0, 0.1) is 0 Å². The average molecular weight is 393 g/mol. The van der Waals surface area contributed by atoms with Gasteiger partial charge in [0, 0.05) is 25.0 Å². The van der Waals surface area contributed by atoms with Crippen molar-refractivity contribution < 1.29 is 14.3 Å². The summed E-state index contributed by atoms with van der Waals surface area (Å²) in [5.74, 6) is 0.766. The molecule has 1 amide bonds. The van der Waals surface area contributed by atoms with Gasteiger partial charge in [0.25, 0.3) is 0 Å². The molecule has 0 bridgehead atoms. The molecule has 0 saturated heterocycles. The molecule has 0 radical (unpaired) electrons. The largest absolute Gasteiger partial charge is 0.454 e. The van der Waals surface area contributed by atoms with Crippen LogP contribution in [0.4, 0.5) is 0 Å². The number of ether oxygens (including phenoxy) is 2. The van der Waals surface area contributed by atoms with Gasteiger partial charge in [-0.3, -0.25) is 23.5 Å². The number of rotatable bonds is 6. The monoisotopic (exact) mass is 393 g/mol. The molecule has 29 heavy (non-hydrogen) atoms. The van der Waals surface area contributed by atoms with Gasteiger partial charge in [0.05, 0.1) is 5.69 Å². The highest BCUT2D eigenvalue weighted by Crippen LogP contribution is 2.33. The molecule has 0 unspecified atom stereocenters. The summed E-state index contributed by atoms with van der Waals surface area (Å²) in [5, 5.41) is 2.76. The third-order valence-corrected chi connectivity index (χ3v) is 4.59. The second-order valence-electron chi connectivity index (χ2n) is 6.53. The van der Waals surface area contributed by atoms with Gasteiger partial charge in [0.1, 0.15) is 6.54 Å². The maximum atomic E-state index is 12.5. The number of nitrogens with zero attached hydrogens (tertiary/aromatic N) is 2. The lowest BCUT2D eigenvalue weighted by Gasteiger charge is -2.10. The van der Waals surface area contributed by atoms with Gasteiger partial charge in [-0.05, 0) is 24.1 Å². The molecule has 0 fully saturated rings. The fraction of sp³-hybridized carbons (Fsp3) is 0.190. The van der Waals surface area contributed by atoms with Crippen molar-refractivity contribution in [3.05, 3.63) is 87.2 Å². The molecule has 4 rings (SSSR count). The number of nitrogens with one attached hydrogen (secondary N) is 1. The standard InChI is InChI=1S/C21H19N3O5/c25-19(22-9-8-15-4-2-1-3-5-15)13-23-10-11-24(21(27)20(23)26)16-6-7-17-18(12-16)29-14-28-17/h1-7,10-12H,8-9,13-14H2,(H,22,25). The molecule has 8 heteroatoms. The Morgan fingerprint density at radius 1 is 0.966 bits per heavy atom. The van der Waals surface area contributed by atoms with E-state index in [-0.39, 0.29) is 19.2 Å². The Morgan fingerprint density at radius 2 is 1.76 bits per heavy atom. The number of carbonyl (C=O) groups is 1. The van der Waals surface area contributed by atoms with Crippen molar-refractivity contribution in [2.75, 3.05) is 13.3 Å². The van der Waals surface area contributed by atoms with Gasteiger partial charge in [0.2, 0.25) is 12.7 Å². The van der Waals surface area contributed by atoms with E-state index < -0.39 is 11.1 Å². The molecular weight excluding hydrogens is 374 g/mol. The molecule has 0 atom stereocenters.